The number of amides is 1. The third kappa shape index (κ3) is 3.71. The lowest BCUT2D eigenvalue weighted by Crippen LogP contribution is -2.54. The lowest BCUT2D eigenvalue weighted by molar-refractivity contribution is -0.144. The van der Waals surface area contributed by atoms with Gasteiger partial charge in [-0.1, -0.05) is 0 Å². The smallest absolute Gasteiger partial charge is 0.230 e. The fraction of sp³-hybridized carbons (Fsp3) is 0.923. The summed E-state index contributed by atoms with van der Waals surface area (Å²) in [6, 6.07) is -0.0107. The molecule has 2 fully saturated rings. The normalized spacial score (nSPS) is 31.5. The number of carbonyl (C=O) groups excluding carboxylic acids is 1. The molecule has 2 saturated heterocycles. The molecule has 1 amide bonds. The van der Waals surface area contributed by atoms with E-state index in [1.165, 1.54) is 0 Å². The highest BCUT2D eigenvalue weighted by atomic mass is 32.2. The molecule has 0 aromatic carbocycles. The van der Waals surface area contributed by atoms with Gasteiger partial charge in [-0.15, -0.1) is 0 Å². The molecule has 2 N–H and O–H groups in total. The fourth-order valence-electron chi connectivity index (χ4n) is 3.07. The molecule has 2 unspecified atom stereocenters. The van der Waals surface area contributed by atoms with Crippen LogP contribution in [0.1, 0.15) is 32.6 Å². The van der Waals surface area contributed by atoms with Crippen molar-refractivity contribution in [2.75, 3.05) is 32.4 Å². The molecule has 20 heavy (non-hydrogen) atoms. The number of carbonyl (C=O) groups is 1. The van der Waals surface area contributed by atoms with Crippen LogP contribution >= 0.6 is 0 Å². The molecule has 0 aliphatic carbocycles. The number of rotatable bonds is 4. The van der Waals surface area contributed by atoms with Gasteiger partial charge in [0, 0.05) is 25.7 Å². The number of nitrogens with one attached hydrogen (secondary N) is 2. The van der Waals surface area contributed by atoms with E-state index in [0.717, 1.165) is 45.0 Å². The van der Waals surface area contributed by atoms with Crippen LogP contribution < -0.4 is 10.0 Å². The van der Waals surface area contributed by atoms with E-state index in [1.807, 2.05) is 11.8 Å². The van der Waals surface area contributed by atoms with Gasteiger partial charge >= 0.3 is 0 Å². The van der Waals surface area contributed by atoms with Crippen molar-refractivity contribution in [3.05, 3.63) is 0 Å². The molecule has 2 heterocycles. The molecule has 0 radical (unpaired) electrons. The van der Waals surface area contributed by atoms with Crippen molar-refractivity contribution in [1.29, 1.82) is 0 Å². The Bertz CT molecular complexity index is 457. The summed E-state index contributed by atoms with van der Waals surface area (Å²) in [6.45, 7) is 4.67. The minimum atomic E-state index is -3.21. The van der Waals surface area contributed by atoms with Crippen LogP contribution in [0.25, 0.3) is 0 Å². The summed E-state index contributed by atoms with van der Waals surface area (Å²) >= 11 is 0. The fourth-order valence-corrected chi connectivity index (χ4v) is 3.57. The molecule has 6 nitrogen and oxygen atoms in total. The Hall–Kier alpha value is -0.660. The van der Waals surface area contributed by atoms with Gasteiger partial charge in [0.05, 0.1) is 11.7 Å². The van der Waals surface area contributed by atoms with Gasteiger partial charge in [0.2, 0.25) is 15.9 Å². The van der Waals surface area contributed by atoms with Crippen LogP contribution in [0.3, 0.4) is 0 Å². The van der Waals surface area contributed by atoms with Gasteiger partial charge in [0.15, 0.2) is 0 Å². The predicted octanol–water partition coefficient (Wildman–Crippen LogP) is -0.0837. The number of hydrogen-bond donors (Lipinski definition) is 2. The van der Waals surface area contributed by atoms with E-state index in [2.05, 4.69) is 10.0 Å². The molecule has 0 spiro atoms. The van der Waals surface area contributed by atoms with E-state index >= 15 is 0 Å². The average molecular weight is 303 g/mol. The second kappa shape index (κ2) is 5.99. The summed E-state index contributed by atoms with van der Waals surface area (Å²) in [5.74, 6) is 0.169. The number of hydrogen-bond acceptors (Lipinski definition) is 4. The van der Waals surface area contributed by atoms with Crippen LogP contribution in [0.15, 0.2) is 0 Å². The van der Waals surface area contributed by atoms with Crippen LogP contribution in [-0.4, -0.2) is 57.7 Å². The molecular weight excluding hydrogens is 278 g/mol. The zero-order valence-corrected chi connectivity index (χ0v) is 13.1. The summed E-state index contributed by atoms with van der Waals surface area (Å²) in [5.41, 5.74) is -0.333. The molecular formula is C13H25N3O3S. The molecule has 0 aromatic heterocycles. The maximum Gasteiger partial charge on any atom is 0.230 e. The topological polar surface area (TPSA) is 78.5 Å². The van der Waals surface area contributed by atoms with Crippen molar-refractivity contribution >= 4 is 15.9 Å². The Morgan fingerprint density at radius 1 is 1.45 bits per heavy atom. The lowest BCUT2D eigenvalue weighted by Gasteiger charge is -2.40. The summed E-state index contributed by atoms with van der Waals surface area (Å²) in [4.78, 5) is 14.7. The Balaban J connectivity index is 2.04. The molecule has 2 rings (SSSR count). The first-order valence-electron chi connectivity index (χ1n) is 7.28. The van der Waals surface area contributed by atoms with Crippen LogP contribution in [-0.2, 0) is 14.8 Å². The monoisotopic (exact) mass is 303 g/mol. The number of likely N-dealkylation sites (tertiary alicyclic amines) is 1. The van der Waals surface area contributed by atoms with E-state index in [-0.39, 0.29) is 17.4 Å². The first kappa shape index (κ1) is 15.7. The van der Waals surface area contributed by atoms with Gasteiger partial charge in [0.25, 0.3) is 0 Å². The molecule has 2 aliphatic rings. The van der Waals surface area contributed by atoms with Gasteiger partial charge in [-0.2, -0.15) is 0 Å². The minimum absolute atomic E-state index is 0.0107. The number of piperidine rings is 1. The molecule has 0 aromatic rings. The largest absolute Gasteiger partial charge is 0.338 e. The molecule has 2 atom stereocenters. The summed E-state index contributed by atoms with van der Waals surface area (Å²) in [7, 11) is -3.21. The maximum atomic E-state index is 12.8. The Kier molecular flexibility index (Phi) is 4.71. The van der Waals surface area contributed by atoms with Crippen molar-refractivity contribution in [1.82, 2.24) is 14.9 Å². The van der Waals surface area contributed by atoms with Gasteiger partial charge in [-0.3, -0.25) is 4.79 Å². The second-order valence-corrected chi connectivity index (χ2v) is 8.09. The SMILES string of the molecule is CC1(C(=O)N2CCCCC2CNS(C)(=O)=O)CCNC1. The zero-order chi connectivity index (χ0) is 14.8. The lowest BCUT2D eigenvalue weighted by atomic mass is 9.86. The van der Waals surface area contributed by atoms with Crippen LogP contribution in [0.5, 0.6) is 0 Å². The Morgan fingerprint density at radius 2 is 2.20 bits per heavy atom. The van der Waals surface area contributed by atoms with Gasteiger partial charge in [-0.25, -0.2) is 13.1 Å². The third-order valence-corrected chi connectivity index (χ3v) is 5.05. The van der Waals surface area contributed by atoms with Crippen LogP contribution in [0.2, 0.25) is 0 Å². The highest BCUT2D eigenvalue weighted by Crippen LogP contribution is 2.30. The first-order valence-corrected chi connectivity index (χ1v) is 9.17. The van der Waals surface area contributed by atoms with Crippen molar-refractivity contribution in [2.24, 2.45) is 5.41 Å². The van der Waals surface area contributed by atoms with Gasteiger partial charge < -0.3 is 10.2 Å². The van der Waals surface area contributed by atoms with Gasteiger partial charge in [-0.05, 0) is 39.2 Å². The van der Waals surface area contributed by atoms with Crippen molar-refractivity contribution < 1.29 is 13.2 Å². The highest BCUT2D eigenvalue weighted by Gasteiger charge is 2.41. The van der Waals surface area contributed by atoms with Gasteiger partial charge in [0.1, 0.15) is 0 Å². The first-order chi connectivity index (χ1) is 9.32. The van der Waals surface area contributed by atoms with Crippen molar-refractivity contribution in [2.45, 2.75) is 38.6 Å². The summed E-state index contributed by atoms with van der Waals surface area (Å²) in [5, 5.41) is 3.24. The molecule has 0 saturated carbocycles. The van der Waals surface area contributed by atoms with E-state index < -0.39 is 10.0 Å². The van der Waals surface area contributed by atoms with E-state index in [9.17, 15) is 13.2 Å². The number of sulfonamides is 1. The van der Waals surface area contributed by atoms with Crippen LogP contribution in [0.4, 0.5) is 0 Å². The van der Waals surface area contributed by atoms with Crippen molar-refractivity contribution in [3.8, 4) is 0 Å². The molecule has 7 heteroatoms. The maximum absolute atomic E-state index is 12.8. The van der Waals surface area contributed by atoms with E-state index in [0.29, 0.717) is 13.1 Å². The minimum Gasteiger partial charge on any atom is -0.338 e. The third-order valence-electron chi connectivity index (χ3n) is 4.35. The quantitative estimate of drug-likeness (QED) is 0.761. The Labute approximate surface area is 121 Å². The zero-order valence-electron chi connectivity index (χ0n) is 12.3. The van der Waals surface area contributed by atoms with E-state index in [4.69, 9.17) is 0 Å². The van der Waals surface area contributed by atoms with E-state index in [1.54, 1.807) is 0 Å². The van der Waals surface area contributed by atoms with Crippen molar-refractivity contribution in [3.63, 3.8) is 0 Å². The number of nitrogens with zero attached hydrogens (tertiary/aromatic N) is 1. The Morgan fingerprint density at radius 3 is 2.80 bits per heavy atom. The van der Waals surface area contributed by atoms with Crippen LogP contribution in [0, 0.1) is 5.41 Å². The average Bonchev–Trinajstić information content (AvgIpc) is 2.83. The summed E-state index contributed by atoms with van der Waals surface area (Å²) in [6.07, 6.45) is 4.94. The molecule has 116 valence electrons. The summed E-state index contributed by atoms with van der Waals surface area (Å²) < 4.78 is 25.0. The second-order valence-electron chi connectivity index (χ2n) is 6.26. The standard InChI is InChI=1S/C13H25N3O3S/c1-13(6-7-14-10-13)12(17)16-8-4-3-5-11(16)9-15-20(2,18)19/h11,14-15H,3-10H2,1-2H3. The highest BCUT2D eigenvalue weighted by molar-refractivity contribution is 7.88. The molecule has 0 bridgehead atoms. The molecule has 2 aliphatic heterocycles. The predicted molar refractivity (Wildman–Crippen MR) is 77.8 cm³/mol.